The van der Waals surface area contributed by atoms with Crippen LogP contribution < -0.4 is 9.80 Å². The Morgan fingerprint density at radius 1 is 0.893 bits per heavy atom. The summed E-state index contributed by atoms with van der Waals surface area (Å²) >= 11 is 0. The number of carbonyl (C=O) groups is 2. The molecule has 0 aromatic heterocycles. The predicted molar refractivity (Wildman–Crippen MR) is 111 cm³/mol. The van der Waals surface area contributed by atoms with Crippen LogP contribution in [0.4, 0.5) is 11.4 Å². The molecule has 0 saturated carbocycles. The lowest BCUT2D eigenvalue weighted by Gasteiger charge is -2.41. The second-order valence-corrected chi connectivity index (χ2v) is 8.36. The summed E-state index contributed by atoms with van der Waals surface area (Å²) in [6, 6.07) is 16.9. The average Bonchev–Trinajstić information content (AvgIpc) is 2.66. The number of benzene rings is 3. The average molecular weight is 372 g/mol. The molecule has 28 heavy (non-hydrogen) atoms. The van der Waals surface area contributed by atoms with Crippen molar-refractivity contribution in [2.24, 2.45) is 0 Å². The zero-order chi connectivity index (χ0) is 19.6. The smallest absolute Gasteiger partial charge is 0.266 e. The summed E-state index contributed by atoms with van der Waals surface area (Å²) in [7, 11) is 6.46. The van der Waals surface area contributed by atoms with E-state index in [1.54, 1.807) is 12.1 Å². The SMILES string of the molecule is CN1C[N+](C)(C)Cc2c1cc1c3c(cccc23)C(=O)N(c2ccccc2)C1=O. The molecule has 2 amide bonds. The fourth-order valence-corrected chi connectivity index (χ4v) is 4.65. The topological polar surface area (TPSA) is 40.6 Å². The van der Waals surface area contributed by atoms with Crippen molar-refractivity contribution in [3.05, 3.63) is 71.3 Å². The van der Waals surface area contributed by atoms with Gasteiger partial charge in [-0.05, 0) is 29.7 Å². The number of hydrogen-bond donors (Lipinski definition) is 0. The van der Waals surface area contributed by atoms with E-state index in [1.807, 2.05) is 42.5 Å². The van der Waals surface area contributed by atoms with Crippen molar-refractivity contribution in [3.8, 4) is 0 Å². The van der Waals surface area contributed by atoms with Crippen molar-refractivity contribution >= 4 is 34.0 Å². The molecule has 0 aliphatic carbocycles. The highest BCUT2D eigenvalue weighted by Gasteiger charge is 2.38. The van der Waals surface area contributed by atoms with Crippen LogP contribution in [0.3, 0.4) is 0 Å². The standard InChI is InChI=1S/C23H22N3O2/c1-24-14-26(2,3)13-19-16-10-7-11-17-21(16)18(12-20(19)24)23(28)25(22(17)27)15-8-5-4-6-9-15/h4-12H,13-14H2,1-3H3/q+1. The van der Waals surface area contributed by atoms with Crippen molar-refractivity contribution < 1.29 is 14.1 Å². The fraction of sp³-hybridized carbons (Fsp3) is 0.217. The van der Waals surface area contributed by atoms with E-state index in [0.29, 0.717) is 16.8 Å². The van der Waals surface area contributed by atoms with Gasteiger partial charge in [-0.25, -0.2) is 4.90 Å². The Balaban J connectivity index is 1.81. The maximum atomic E-state index is 13.4. The Kier molecular flexibility index (Phi) is 3.43. The molecule has 5 heteroatoms. The Labute approximate surface area is 164 Å². The maximum Gasteiger partial charge on any atom is 0.266 e. The molecule has 0 bridgehead atoms. The monoisotopic (exact) mass is 372 g/mol. The first-order valence-corrected chi connectivity index (χ1v) is 9.43. The first kappa shape index (κ1) is 17.0. The van der Waals surface area contributed by atoms with Crippen LogP contribution in [0.2, 0.25) is 0 Å². The van der Waals surface area contributed by atoms with E-state index < -0.39 is 0 Å². The summed E-state index contributed by atoms with van der Waals surface area (Å²) in [4.78, 5) is 30.2. The quantitative estimate of drug-likeness (QED) is 0.484. The lowest BCUT2D eigenvalue weighted by atomic mass is 9.88. The van der Waals surface area contributed by atoms with Gasteiger partial charge in [0.05, 0.1) is 31.0 Å². The van der Waals surface area contributed by atoms with Gasteiger partial charge >= 0.3 is 0 Å². The number of para-hydroxylation sites is 1. The van der Waals surface area contributed by atoms with E-state index in [2.05, 4.69) is 26.0 Å². The van der Waals surface area contributed by atoms with Crippen molar-refractivity contribution in [2.75, 3.05) is 37.6 Å². The third-order valence-electron chi connectivity index (χ3n) is 5.72. The molecule has 5 nitrogen and oxygen atoms in total. The number of anilines is 2. The van der Waals surface area contributed by atoms with Crippen LogP contribution in [0.1, 0.15) is 26.3 Å². The molecule has 0 N–H and O–H groups in total. The number of fused-ring (bicyclic) bond motifs is 2. The Hall–Kier alpha value is -3.18. The summed E-state index contributed by atoms with van der Waals surface area (Å²) in [5.41, 5.74) is 4.08. The van der Waals surface area contributed by atoms with Gasteiger partial charge in [0.15, 0.2) is 6.67 Å². The number of amides is 2. The van der Waals surface area contributed by atoms with Gasteiger partial charge in [0, 0.05) is 23.6 Å². The van der Waals surface area contributed by atoms with Crippen LogP contribution >= 0.6 is 0 Å². The summed E-state index contributed by atoms with van der Waals surface area (Å²) in [5, 5.41) is 1.80. The van der Waals surface area contributed by atoms with Gasteiger partial charge in [-0.2, -0.15) is 0 Å². The fourth-order valence-electron chi connectivity index (χ4n) is 4.65. The molecular formula is C23H22N3O2+. The molecule has 2 heterocycles. The first-order chi connectivity index (χ1) is 13.4. The van der Waals surface area contributed by atoms with Gasteiger partial charge in [0.25, 0.3) is 11.8 Å². The van der Waals surface area contributed by atoms with Crippen molar-refractivity contribution in [2.45, 2.75) is 6.54 Å². The van der Waals surface area contributed by atoms with Crippen LogP contribution in [0.15, 0.2) is 54.6 Å². The summed E-state index contributed by atoms with van der Waals surface area (Å²) in [5.74, 6) is -0.511. The lowest BCUT2D eigenvalue weighted by Crippen LogP contribution is -2.50. The molecule has 0 spiro atoms. The van der Waals surface area contributed by atoms with Crippen LogP contribution in [-0.4, -0.2) is 44.1 Å². The minimum Gasteiger partial charge on any atom is -0.328 e. The molecule has 0 saturated heterocycles. The number of quaternary nitrogens is 1. The molecule has 0 fully saturated rings. The molecule has 5 rings (SSSR count). The summed E-state index contributed by atoms with van der Waals surface area (Å²) < 4.78 is 0.834. The van der Waals surface area contributed by atoms with Gasteiger partial charge in [0.2, 0.25) is 0 Å². The minimum absolute atomic E-state index is 0.254. The molecular weight excluding hydrogens is 350 g/mol. The lowest BCUT2D eigenvalue weighted by molar-refractivity contribution is -0.904. The Morgan fingerprint density at radius 2 is 1.61 bits per heavy atom. The van der Waals surface area contributed by atoms with E-state index >= 15 is 0 Å². The van der Waals surface area contributed by atoms with Crippen LogP contribution in [-0.2, 0) is 6.54 Å². The summed E-state index contributed by atoms with van der Waals surface area (Å²) in [6.45, 7) is 1.73. The van der Waals surface area contributed by atoms with Crippen molar-refractivity contribution in [1.82, 2.24) is 0 Å². The second kappa shape index (κ2) is 5.66. The molecule has 3 aromatic rings. The van der Waals surface area contributed by atoms with E-state index in [4.69, 9.17) is 0 Å². The third kappa shape index (κ3) is 2.29. The van der Waals surface area contributed by atoms with Gasteiger partial charge in [-0.1, -0.05) is 30.3 Å². The molecule has 2 aliphatic heterocycles. The molecule has 2 aliphatic rings. The van der Waals surface area contributed by atoms with Gasteiger partial charge < -0.3 is 9.38 Å². The molecule has 3 aromatic carbocycles. The van der Waals surface area contributed by atoms with Gasteiger partial charge in [0.1, 0.15) is 6.54 Å². The zero-order valence-electron chi connectivity index (χ0n) is 16.3. The number of imide groups is 1. The minimum atomic E-state index is -0.257. The number of carbonyl (C=O) groups excluding carboxylic acids is 2. The largest absolute Gasteiger partial charge is 0.328 e. The van der Waals surface area contributed by atoms with Gasteiger partial charge in [-0.3, -0.25) is 9.59 Å². The molecule has 0 unspecified atom stereocenters. The summed E-state index contributed by atoms with van der Waals surface area (Å²) in [6.07, 6.45) is 0. The van der Waals surface area contributed by atoms with Crippen molar-refractivity contribution in [3.63, 3.8) is 0 Å². The van der Waals surface area contributed by atoms with Crippen molar-refractivity contribution in [1.29, 1.82) is 0 Å². The highest BCUT2D eigenvalue weighted by molar-refractivity contribution is 6.36. The van der Waals surface area contributed by atoms with Crippen LogP contribution in [0, 0.1) is 0 Å². The van der Waals surface area contributed by atoms with Gasteiger partial charge in [-0.15, -0.1) is 0 Å². The number of nitrogens with zero attached hydrogens (tertiary/aromatic N) is 3. The molecule has 0 atom stereocenters. The zero-order valence-corrected chi connectivity index (χ0v) is 16.3. The van der Waals surface area contributed by atoms with E-state index in [0.717, 1.165) is 34.2 Å². The normalized spacial score (nSPS) is 17.8. The molecule has 0 radical (unpaired) electrons. The highest BCUT2D eigenvalue weighted by atomic mass is 16.2. The van der Waals surface area contributed by atoms with E-state index in [9.17, 15) is 9.59 Å². The number of hydrogen-bond acceptors (Lipinski definition) is 3. The Morgan fingerprint density at radius 3 is 2.36 bits per heavy atom. The van der Waals surface area contributed by atoms with E-state index in [-0.39, 0.29) is 11.8 Å². The third-order valence-corrected chi connectivity index (χ3v) is 5.72. The van der Waals surface area contributed by atoms with Crippen LogP contribution in [0.25, 0.3) is 10.8 Å². The second-order valence-electron chi connectivity index (χ2n) is 8.36. The maximum absolute atomic E-state index is 13.4. The molecule has 140 valence electrons. The van der Waals surface area contributed by atoms with E-state index in [1.165, 1.54) is 10.5 Å². The Bertz CT molecular complexity index is 1150. The highest BCUT2D eigenvalue weighted by Crippen LogP contribution is 2.41. The predicted octanol–water partition coefficient (Wildman–Crippen LogP) is 3.62. The number of rotatable bonds is 1. The first-order valence-electron chi connectivity index (χ1n) is 9.43. The van der Waals surface area contributed by atoms with Crippen LogP contribution in [0.5, 0.6) is 0 Å².